The van der Waals surface area contributed by atoms with Crippen LogP contribution in [0.3, 0.4) is 0 Å². The molecule has 71 heavy (non-hydrogen) atoms. The molecule has 0 bridgehead atoms. The lowest BCUT2D eigenvalue weighted by Crippen LogP contribution is -2.64. The topological polar surface area (TPSA) is 267 Å². The Kier molecular flexibility index (Phi) is 22.1. The number of aliphatic hydroxyl groups excluding tert-OH is 5. The second-order valence-corrected chi connectivity index (χ2v) is 20.1. The number of methoxy groups -OCH3 is 1. The summed E-state index contributed by atoms with van der Waals surface area (Å²) in [5.74, 6) is -4.19. The van der Waals surface area contributed by atoms with Crippen molar-refractivity contribution < 1.29 is 88.0 Å². The van der Waals surface area contributed by atoms with E-state index in [1.54, 1.807) is 59.8 Å². The lowest BCUT2D eigenvalue weighted by molar-refractivity contribution is -0.333. The second-order valence-electron chi connectivity index (χ2n) is 19.3. The lowest BCUT2D eigenvalue weighted by atomic mass is 9.88. The highest BCUT2D eigenvalue weighted by Gasteiger charge is 2.53. The molecular formula is C52H75BrO18. The molecule has 18 nitrogen and oxygen atoms in total. The van der Waals surface area contributed by atoms with Gasteiger partial charge in [-0.1, -0.05) is 63.6 Å². The maximum absolute atomic E-state index is 14.0. The number of hydrogen-bond donors (Lipinski definition) is 7. The van der Waals surface area contributed by atoms with E-state index in [2.05, 4.69) is 15.9 Å². The van der Waals surface area contributed by atoms with Crippen LogP contribution in [0, 0.1) is 11.8 Å². The minimum absolute atomic E-state index is 0.0185. The lowest BCUT2D eigenvalue weighted by Gasteiger charge is -2.47. The molecule has 1 aromatic rings. The Morgan fingerprint density at radius 3 is 2.23 bits per heavy atom. The van der Waals surface area contributed by atoms with E-state index in [0.717, 1.165) is 0 Å². The van der Waals surface area contributed by atoms with Crippen LogP contribution in [0.4, 0.5) is 0 Å². The highest BCUT2D eigenvalue weighted by Crippen LogP contribution is 2.40. The third-order valence-corrected chi connectivity index (χ3v) is 13.7. The Morgan fingerprint density at radius 1 is 0.944 bits per heavy atom. The van der Waals surface area contributed by atoms with Crippen molar-refractivity contribution in [3.05, 3.63) is 80.4 Å². The van der Waals surface area contributed by atoms with E-state index < -0.39 is 127 Å². The Labute approximate surface area is 425 Å². The molecule has 2 fully saturated rings. The molecule has 3 aliphatic rings. The largest absolute Gasteiger partial charge is 0.507 e. The molecule has 2 saturated heterocycles. The van der Waals surface area contributed by atoms with Gasteiger partial charge in [-0.05, 0) is 113 Å². The molecule has 0 aliphatic carbocycles. The first-order chi connectivity index (χ1) is 33.3. The van der Waals surface area contributed by atoms with Gasteiger partial charge in [0.15, 0.2) is 24.8 Å². The van der Waals surface area contributed by atoms with Crippen molar-refractivity contribution in [2.75, 3.05) is 13.7 Å². The fraction of sp³-hybridized carbons (Fsp3) is 0.635. The number of halogens is 1. The molecule has 3 heterocycles. The molecule has 398 valence electrons. The average molecular weight is 1070 g/mol. The van der Waals surface area contributed by atoms with Gasteiger partial charge >= 0.3 is 17.9 Å². The minimum Gasteiger partial charge on any atom is -0.507 e. The molecule has 0 radical (unpaired) electrons. The second kappa shape index (κ2) is 26.3. The predicted molar refractivity (Wildman–Crippen MR) is 263 cm³/mol. The van der Waals surface area contributed by atoms with Gasteiger partial charge in [0, 0.05) is 19.4 Å². The van der Waals surface area contributed by atoms with Crippen LogP contribution in [0.15, 0.2) is 69.3 Å². The number of aliphatic hydroxyl groups is 5. The van der Waals surface area contributed by atoms with Crippen molar-refractivity contribution in [2.45, 2.75) is 187 Å². The molecule has 0 amide bonds. The molecule has 19 heteroatoms. The highest BCUT2D eigenvalue weighted by molar-refractivity contribution is 9.10. The standard InChI is InChI=1S/C52H75BrO18/c1-13-31-23-35(56)38(53)39(57)37(31)49(63)68-43-30(9)66-50(44(64-12)40(43)58)65-24-33-17-15-16-18-34(55)27(6)22-32(14-2)42(28(7)21-26(5)19-20-36(29(8)54)67-48(33)62)70-51-45(69-47(61)25(3)4)41(59)46(60)52(10,11)71-51/h15-17,19,21-23,25,29-30,32,34,36,40-46,50-51,54-60H,13-14,18,20,24H2,1-12H3/t29?,30-,32?,34?,36?,40+,41+,42?,43-,44+,45-,46-,50-,51+/m0/s1. The molecule has 4 rings (SSSR count). The zero-order valence-corrected chi connectivity index (χ0v) is 44.3. The summed E-state index contributed by atoms with van der Waals surface area (Å²) in [6, 6.07) is 1.32. The first kappa shape index (κ1) is 59.6. The van der Waals surface area contributed by atoms with Crippen LogP contribution in [0.25, 0.3) is 0 Å². The SMILES string of the molecule is CCc1cc(O)c(Br)c(O)c1C(=O)O[C@@H]1[C@@H](O)[C@@H](OC)[C@@H](OCC2=CC=CCC(O)C(C)=CC(CC)C(O[C@@H]3OC(C)(C)[C@@H](O)[C@H](O)[C@@H]3OC(=O)C(C)C)C(C)=CC(C)=CCC(C(C)O)OC2=O)O[C@H]1C. The van der Waals surface area contributed by atoms with Gasteiger partial charge in [0.25, 0.3) is 0 Å². The molecule has 14 atom stereocenters. The summed E-state index contributed by atoms with van der Waals surface area (Å²) in [5, 5.41) is 76.9. The monoisotopic (exact) mass is 1070 g/mol. The maximum Gasteiger partial charge on any atom is 0.342 e. The first-order valence-corrected chi connectivity index (χ1v) is 24.9. The van der Waals surface area contributed by atoms with Crippen molar-refractivity contribution in [3.8, 4) is 11.5 Å². The Balaban J connectivity index is 1.63. The highest BCUT2D eigenvalue weighted by atomic mass is 79.9. The third kappa shape index (κ3) is 15.1. The van der Waals surface area contributed by atoms with Gasteiger partial charge in [-0.2, -0.15) is 0 Å². The van der Waals surface area contributed by atoms with Crippen LogP contribution in [-0.4, -0.2) is 153 Å². The summed E-state index contributed by atoms with van der Waals surface area (Å²) in [7, 11) is 1.29. The van der Waals surface area contributed by atoms with Crippen LogP contribution in [-0.2, 0) is 53.9 Å². The number of ether oxygens (including phenoxy) is 8. The molecule has 0 spiro atoms. The smallest absolute Gasteiger partial charge is 0.342 e. The molecule has 3 aliphatic heterocycles. The summed E-state index contributed by atoms with van der Waals surface area (Å²) in [6.07, 6.45) is -4.84. The number of hydrogen-bond acceptors (Lipinski definition) is 18. The Bertz CT molecular complexity index is 2160. The van der Waals surface area contributed by atoms with E-state index in [4.69, 9.17) is 37.9 Å². The number of esters is 3. The average Bonchev–Trinajstić information content (AvgIpc) is 3.30. The maximum atomic E-state index is 14.0. The molecule has 1 aromatic carbocycles. The zero-order valence-electron chi connectivity index (χ0n) is 42.7. The predicted octanol–water partition coefficient (Wildman–Crippen LogP) is 5.69. The summed E-state index contributed by atoms with van der Waals surface area (Å²) in [6.45, 7) is 18.2. The van der Waals surface area contributed by atoms with Gasteiger partial charge in [0.05, 0.1) is 48.1 Å². The number of phenolic OH excluding ortho intramolecular Hbond substituents is 2. The minimum atomic E-state index is -1.54. The first-order valence-electron chi connectivity index (χ1n) is 24.1. The summed E-state index contributed by atoms with van der Waals surface area (Å²) >= 11 is 3.07. The van der Waals surface area contributed by atoms with E-state index in [1.807, 2.05) is 32.9 Å². The number of carbonyl (C=O) groups excluding carboxylic acids is 3. The number of benzene rings is 1. The number of aryl methyl sites for hydroxylation is 1. The van der Waals surface area contributed by atoms with Gasteiger partial charge < -0.3 is 73.6 Å². The van der Waals surface area contributed by atoms with Crippen molar-refractivity contribution >= 4 is 33.8 Å². The quantitative estimate of drug-likeness (QED) is 0.0711. The van der Waals surface area contributed by atoms with Crippen LogP contribution in [0.5, 0.6) is 11.5 Å². The zero-order chi connectivity index (χ0) is 53.2. The Morgan fingerprint density at radius 2 is 1.62 bits per heavy atom. The molecule has 0 aromatic heterocycles. The van der Waals surface area contributed by atoms with Crippen LogP contribution in [0.1, 0.15) is 111 Å². The van der Waals surface area contributed by atoms with Crippen LogP contribution < -0.4 is 0 Å². The number of cyclic esters (lactones) is 1. The molecule has 7 N–H and O–H groups in total. The number of carbonyl (C=O) groups is 3. The normalized spacial score (nSPS) is 31.8. The number of rotatable bonds is 13. The van der Waals surface area contributed by atoms with Crippen molar-refractivity contribution in [1.29, 1.82) is 0 Å². The number of phenols is 2. The van der Waals surface area contributed by atoms with Crippen molar-refractivity contribution in [3.63, 3.8) is 0 Å². The third-order valence-electron chi connectivity index (χ3n) is 12.9. The van der Waals surface area contributed by atoms with Gasteiger partial charge in [-0.3, -0.25) is 4.79 Å². The molecular weight excluding hydrogens is 992 g/mol. The summed E-state index contributed by atoms with van der Waals surface area (Å²) in [5.41, 5.74) is 0.775. The fourth-order valence-electron chi connectivity index (χ4n) is 8.45. The van der Waals surface area contributed by atoms with E-state index in [1.165, 1.54) is 33.1 Å². The van der Waals surface area contributed by atoms with Crippen molar-refractivity contribution in [2.24, 2.45) is 11.8 Å². The Hall–Kier alpha value is -3.99. The number of allylic oxidation sites excluding steroid dienone is 4. The van der Waals surface area contributed by atoms with Gasteiger partial charge in [-0.25, -0.2) is 9.59 Å². The summed E-state index contributed by atoms with van der Waals surface area (Å²) in [4.78, 5) is 40.3. The van der Waals surface area contributed by atoms with Gasteiger partial charge in [0.2, 0.25) is 0 Å². The van der Waals surface area contributed by atoms with Crippen LogP contribution >= 0.6 is 15.9 Å². The van der Waals surface area contributed by atoms with Crippen molar-refractivity contribution in [1.82, 2.24) is 0 Å². The van der Waals surface area contributed by atoms with E-state index in [9.17, 15) is 50.1 Å². The fourth-order valence-corrected chi connectivity index (χ4v) is 8.76. The molecule has 5 unspecified atom stereocenters. The van der Waals surface area contributed by atoms with Gasteiger partial charge in [0.1, 0.15) is 52.1 Å². The summed E-state index contributed by atoms with van der Waals surface area (Å²) < 4.78 is 47.8. The van der Waals surface area contributed by atoms with E-state index in [-0.39, 0.29) is 40.6 Å². The van der Waals surface area contributed by atoms with E-state index in [0.29, 0.717) is 28.7 Å². The van der Waals surface area contributed by atoms with E-state index >= 15 is 0 Å². The van der Waals surface area contributed by atoms with Crippen LogP contribution in [0.2, 0.25) is 0 Å². The molecule has 0 saturated carbocycles. The van der Waals surface area contributed by atoms with Gasteiger partial charge in [-0.15, -0.1) is 0 Å². The number of aromatic hydroxyl groups is 2.